The minimum absolute atomic E-state index is 0.0320. The molecule has 1 amide bonds. The van der Waals surface area contributed by atoms with E-state index in [0.717, 1.165) is 17.3 Å². The molecule has 1 saturated heterocycles. The Morgan fingerprint density at radius 1 is 1.05 bits per heavy atom. The Hall–Kier alpha value is -3.98. The van der Waals surface area contributed by atoms with Crippen molar-refractivity contribution in [3.05, 3.63) is 89.0 Å². The molecule has 0 saturated carbocycles. The smallest absolute Gasteiger partial charge is 0.306 e. The van der Waals surface area contributed by atoms with Gasteiger partial charge in [0.25, 0.3) is 0 Å². The Labute approximate surface area is 236 Å². The number of fused-ring (bicyclic) bond motifs is 2. The minimum Gasteiger partial charge on any atom is -0.363 e. The first kappa shape index (κ1) is 27.2. The zero-order valence-electron chi connectivity index (χ0n) is 23.8. The molecule has 1 fully saturated rings. The lowest BCUT2D eigenvalue weighted by molar-refractivity contribution is -0.121. The number of rotatable bonds is 6. The van der Waals surface area contributed by atoms with Crippen LogP contribution in [0.5, 0.6) is 0 Å². The van der Waals surface area contributed by atoms with E-state index >= 15 is 13.2 Å². The van der Waals surface area contributed by atoms with Crippen molar-refractivity contribution in [3.63, 3.8) is 0 Å². The maximum atomic E-state index is 16.1. The van der Waals surface area contributed by atoms with Crippen molar-refractivity contribution in [2.24, 2.45) is 0 Å². The molecule has 6 nitrogen and oxygen atoms in total. The third-order valence-corrected chi connectivity index (χ3v) is 8.49. The predicted molar refractivity (Wildman–Crippen MR) is 152 cm³/mol. The fraction of sp³-hybridized carbons (Fsp3) is 0.344. The molecule has 0 radical (unpaired) electrons. The quantitative estimate of drug-likeness (QED) is 0.235. The largest absolute Gasteiger partial charge is 0.363 e. The van der Waals surface area contributed by atoms with Gasteiger partial charge in [0, 0.05) is 29.4 Å². The number of epoxide rings is 1. The molecular formula is C32H31F3N4O2. The van der Waals surface area contributed by atoms with E-state index in [1.54, 1.807) is 25.8 Å². The second-order valence-electron chi connectivity index (χ2n) is 11.7. The third-order valence-electron chi connectivity index (χ3n) is 8.49. The third kappa shape index (κ3) is 4.01. The first-order valence-electron chi connectivity index (χ1n) is 13.5. The maximum absolute atomic E-state index is 16.1. The van der Waals surface area contributed by atoms with Crippen LogP contribution in [0.25, 0.3) is 10.9 Å². The van der Waals surface area contributed by atoms with Crippen LogP contribution in [0.2, 0.25) is 0 Å². The van der Waals surface area contributed by atoms with Gasteiger partial charge in [-0.25, -0.2) is 14.4 Å². The average Bonchev–Trinajstić information content (AvgIpc) is 3.68. The van der Waals surface area contributed by atoms with Crippen molar-refractivity contribution in [2.75, 3.05) is 23.5 Å². The predicted octanol–water partition coefficient (Wildman–Crippen LogP) is 7.11. The molecule has 0 N–H and O–H groups in total. The van der Waals surface area contributed by atoms with E-state index in [1.807, 2.05) is 61.2 Å². The summed E-state index contributed by atoms with van der Waals surface area (Å²) >= 11 is 0. The van der Waals surface area contributed by atoms with Crippen molar-refractivity contribution >= 4 is 34.0 Å². The molecule has 3 aromatic carbocycles. The maximum Gasteiger partial charge on any atom is 0.306 e. The van der Waals surface area contributed by atoms with E-state index < -0.39 is 34.4 Å². The highest BCUT2D eigenvalue weighted by molar-refractivity contribution is 6.10. The van der Waals surface area contributed by atoms with Crippen LogP contribution in [0.15, 0.2) is 60.7 Å². The number of halogens is 3. The van der Waals surface area contributed by atoms with E-state index in [2.05, 4.69) is 4.98 Å². The van der Waals surface area contributed by atoms with E-state index in [0.29, 0.717) is 28.2 Å². The number of likely N-dealkylation sites (N-methyl/N-ethyl adjacent to an activating group) is 1. The molecule has 2 aliphatic rings. The summed E-state index contributed by atoms with van der Waals surface area (Å²) in [4.78, 5) is 26.0. The first-order valence-corrected chi connectivity index (χ1v) is 13.5. The van der Waals surface area contributed by atoms with Crippen molar-refractivity contribution in [2.45, 2.75) is 57.6 Å². The van der Waals surface area contributed by atoms with Gasteiger partial charge in [-0.3, -0.25) is 4.79 Å². The van der Waals surface area contributed by atoms with Crippen LogP contribution >= 0.6 is 0 Å². The van der Waals surface area contributed by atoms with E-state index in [4.69, 9.17) is 9.72 Å². The number of alkyl halides is 2. The van der Waals surface area contributed by atoms with Gasteiger partial charge in [-0.05, 0) is 70.5 Å². The summed E-state index contributed by atoms with van der Waals surface area (Å²) in [5.41, 5.74) is -0.126. The van der Waals surface area contributed by atoms with Crippen molar-refractivity contribution in [1.29, 1.82) is 0 Å². The van der Waals surface area contributed by atoms with E-state index in [-0.39, 0.29) is 18.1 Å². The molecule has 3 heterocycles. The normalized spacial score (nSPS) is 20.3. The van der Waals surface area contributed by atoms with E-state index in [1.165, 1.54) is 19.1 Å². The number of benzene rings is 3. The number of anilines is 3. The highest BCUT2D eigenvalue weighted by Gasteiger charge is 2.62. The Morgan fingerprint density at radius 2 is 1.73 bits per heavy atom. The lowest BCUT2D eigenvalue weighted by atomic mass is 9.85. The first-order chi connectivity index (χ1) is 19.3. The number of aromatic nitrogens is 2. The fourth-order valence-corrected chi connectivity index (χ4v) is 5.81. The molecule has 0 bridgehead atoms. The number of para-hydroxylation sites is 1. The summed E-state index contributed by atoms with van der Waals surface area (Å²) in [6.07, 6.45) is 0. The van der Waals surface area contributed by atoms with Crippen LogP contribution in [-0.4, -0.2) is 35.1 Å². The van der Waals surface area contributed by atoms with Crippen LogP contribution in [0.1, 0.15) is 56.3 Å². The minimum atomic E-state index is -3.51. The summed E-state index contributed by atoms with van der Waals surface area (Å²) in [6.45, 7) is 8.45. The SMILES string of the molecule is Cc1nc(N(c2ccccc2)[C@H](C)c2cccc(C(F)(F)C3(C)CO3)c2F)c2cc3c(cc2n1)C(C)(C)C(=O)N3C. The number of amides is 1. The van der Waals surface area contributed by atoms with Gasteiger partial charge in [0.15, 0.2) is 5.60 Å². The number of hydrogen-bond acceptors (Lipinski definition) is 5. The second-order valence-corrected chi connectivity index (χ2v) is 11.7. The molecule has 212 valence electrons. The van der Waals surface area contributed by atoms with Gasteiger partial charge >= 0.3 is 5.92 Å². The summed E-state index contributed by atoms with van der Waals surface area (Å²) in [6, 6.07) is 16.4. The van der Waals surface area contributed by atoms with Gasteiger partial charge < -0.3 is 14.5 Å². The van der Waals surface area contributed by atoms with E-state index in [9.17, 15) is 4.79 Å². The number of ether oxygens (including phenoxy) is 1. The zero-order chi connectivity index (χ0) is 29.5. The Kier molecular flexibility index (Phi) is 5.98. The highest BCUT2D eigenvalue weighted by atomic mass is 19.3. The molecule has 9 heteroatoms. The molecule has 2 aliphatic heterocycles. The molecule has 0 spiro atoms. The highest BCUT2D eigenvalue weighted by Crippen LogP contribution is 2.51. The molecule has 1 aromatic heterocycles. The van der Waals surface area contributed by atoms with Gasteiger partial charge in [-0.15, -0.1) is 0 Å². The van der Waals surface area contributed by atoms with Crippen LogP contribution in [0.4, 0.5) is 30.4 Å². The second kappa shape index (κ2) is 9.01. The van der Waals surface area contributed by atoms with Gasteiger partial charge in [0.1, 0.15) is 17.5 Å². The number of nitrogens with zero attached hydrogens (tertiary/aromatic N) is 4. The summed E-state index contributed by atoms with van der Waals surface area (Å²) in [5.74, 6) is -3.56. The van der Waals surface area contributed by atoms with Crippen LogP contribution in [0.3, 0.4) is 0 Å². The van der Waals surface area contributed by atoms with Crippen LogP contribution in [0, 0.1) is 12.7 Å². The Bertz CT molecular complexity index is 1700. The van der Waals surface area contributed by atoms with Gasteiger partial charge in [0.05, 0.1) is 29.1 Å². The molecule has 41 heavy (non-hydrogen) atoms. The lowest BCUT2D eigenvalue weighted by Crippen LogP contribution is -2.33. The molecule has 6 rings (SSSR count). The summed E-state index contributed by atoms with van der Waals surface area (Å²) in [7, 11) is 1.74. The van der Waals surface area contributed by atoms with Crippen molar-refractivity contribution in [3.8, 4) is 0 Å². The summed E-state index contributed by atoms with van der Waals surface area (Å²) < 4.78 is 51.8. The topological polar surface area (TPSA) is 61.9 Å². The Morgan fingerprint density at radius 3 is 2.39 bits per heavy atom. The summed E-state index contributed by atoms with van der Waals surface area (Å²) in [5, 5.41) is 0.656. The lowest BCUT2D eigenvalue weighted by Gasteiger charge is -2.33. The van der Waals surface area contributed by atoms with Crippen molar-refractivity contribution < 1.29 is 22.7 Å². The molecule has 4 aromatic rings. The number of hydrogen-bond donors (Lipinski definition) is 0. The van der Waals surface area contributed by atoms with Crippen LogP contribution in [-0.2, 0) is 20.9 Å². The van der Waals surface area contributed by atoms with Crippen molar-refractivity contribution in [1.82, 2.24) is 9.97 Å². The molecule has 1 unspecified atom stereocenters. The molecule has 0 aliphatic carbocycles. The fourth-order valence-electron chi connectivity index (χ4n) is 5.81. The van der Waals surface area contributed by atoms with Crippen LogP contribution < -0.4 is 9.80 Å². The molecule has 2 atom stereocenters. The standard InChI is InChI=1S/C32H31F3N4O2/c1-18(21-13-10-14-23(27(21)33)32(34,35)31(5)17-41-31)39(20-11-8-7-9-12-20)28-22-15-26-24(16-25(22)36-19(2)37-28)30(3,4)29(40)38(26)6/h7-16,18H,17H2,1-6H3/t18-,31?/m1/s1. The van der Waals surface area contributed by atoms with Gasteiger partial charge in [-0.2, -0.15) is 8.78 Å². The monoisotopic (exact) mass is 560 g/mol. The Balaban J connectivity index is 1.57. The number of carbonyl (C=O) groups excluding carboxylic acids is 1. The molecular weight excluding hydrogens is 529 g/mol. The van der Waals surface area contributed by atoms with Gasteiger partial charge in [0.2, 0.25) is 5.91 Å². The van der Waals surface area contributed by atoms with Gasteiger partial charge in [-0.1, -0.05) is 30.3 Å². The number of aryl methyl sites for hydroxylation is 1. The number of carbonyl (C=O) groups is 1. The zero-order valence-corrected chi connectivity index (χ0v) is 23.8. The average molecular weight is 561 g/mol.